The molecule has 2 aliphatic rings. The third-order valence-corrected chi connectivity index (χ3v) is 11.5. The molecule has 0 amide bonds. The van der Waals surface area contributed by atoms with E-state index in [9.17, 15) is 0 Å². The maximum atomic E-state index is 6.20. The molecular weight excluding hydrogens is 633 g/mol. The highest BCUT2D eigenvalue weighted by atomic mass is 16.3. The summed E-state index contributed by atoms with van der Waals surface area (Å²) in [5.41, 5.74) is 18.2. The molecule has 0 atom stereocenters. The van der Waals surface area contributed by atoms with Crippen molar-refractivity contribution in [2.45, 2.75) is 12.3 Å². The van der Waals surface area contributed by atoms with E-state index in [-0.39, 0.29) is 0 Å². The topological polar surface area (TPSA) is 26.3 Å². The summed E-state index contributed by atoms with van der Waals surface area (Å²) >= 11 is 0. The predicted molar refractivity (Wildman–Crippen MR) is 214 cm³/mol. The molecule has 2 heterocycles. The first kappa shape index (κ1) is 29.1. The van der Waals surface area contributed by atoms with Crippen LogP contribution in [0.5, 0.6) is 0 Å². The highest BCUT2D eigenvalue weighted by molar-refractivity contribution is 6.06. The van der Waals surface area contributed by atoms with Gasteiger partial charge in [-0.1, -0.05) is 128 Å². The first-order chi connectivity index (χ1) is 25.6. The summed E-state index contributed by atoms with van der Waals surface area (Å²) in [6.07, 6.45) is 4.14. The number of para-hydroxylation sites is 2. The molecule has 0 radical (unpaired) electrons. The SMILES string of the molecule is C=C(/C=C\c1oc2ccccc2c1C)c1ccc2c(c1)-c1cc(-c3ccc4oc5ccccc5c4c3)ccc1C21c2ccccc2-c2ccccc21. The molecule has 2 heteroatoms. The molecule has 2 nitrogen and oxygen atoms in total. The quantitative estimate of drug-likeness (QED) is 0.175. The zero-order valence-corrected chi connectivity index (χ0v) is 28.6. The molecule has 2 aromatic heterocycles. The van der Waals surface area contributed by atoms with E-state index < -0.39 is 5.41 Å². The van der Waals surface area contributed by atoms with Crippen molar-refractivity contribution in [3.63, 3.8) is 0 Å². The van der Waals surface area contributed by atoms with Crippen molar-refractivity contribution in [2.75, 3.05) is 0 Å². The highest BCUT2D eigenvalue weighted by Gasteiger charge is 2.51. The molecule has 7 aromatic carbocycles. The minimum atomic E-state index is -0.414. The number of rotatable bonds is 4. The summed E-state index contributed by atoms with van der Waals surface area (Å²) in [5.74, 6) is 0.860. The van der Waals surface area contributed by atoms with E-state index in [2.05, 4.69) is 153 Å². The smallest absolute Gasteiger partial charge is 0.135 e. The van der Waals surface area contributed by atoms with Crippen molar-refractivity contribution in [3.05, 3.63) is 203 Å². The van der Waals surface area contributed by atoms with Crippen LogP contribution in [0.4, 0.5) is 0 Å². The Morgan fingerprint density at radius 2 is 1.06 bits per heavy atom. The Bertz CT molecular complexity index is 2950. The molecule has 0 saturated heterocycles. The van der Waals surface area contributed by atoms with Crippen LogP contribution in [-0.4, -0.2) is 0 Å². The van der Waals surface area contributed by atoms with Gasteiger partial charge in [0.05, 0.1) is 5.41 Å². The number of hydrogen-bond acceptors (Lipinski definition) is 2. The summed E-state index contributed by atoms with van der Waals surface area (Å²) in [5, 5.41) is 3.41. The van der Waals surface area contributed by atoms with Gasteiger partial charge in [0.15, 0.2) is 0 Å². The largest absolute Gasteiger partial charge is 0.456 e. The summed E-state index contributed by atoms with van der Waals surface area (Å²) < 4.78 is 12.4. The van der Waals surface area contributed by atoms with E-state index in [0.717, 1.165) is 55.4 Å². The number of furan rings is 2. The fourth-order valence-corrected chi connectivity index (χ4v) is 9.06. The van der Waals surface area contributed by atoms with Crippen LogP contribution in [0.1, 0.15) is 39.1 Å². The number of fused-ring (bicyclic) bond motifs is 14. The van der Waals surface area contributed by atoms with Gasteiger partial charge in [-0.15, -0.1) is 0 Å². The molecule has 0 unspecified atom stereocenters. The summed E-state index contributed by atoms with van der Waals surface area (Å²) in [6, 6.07) is 54.9. The van der Waals surface area contributed by atoms with E-state index in [1.54, 1.807) is 0 Å². The maximum Gasteiger partial charge on any atom is 0.135 e. The normalized spacial score (nSPS) is 13.6. The Kier molecular flexibility index (Phi) is 5.98. The second kappa shape index (κ2) is 10.7. The van der Waals surface area contributed by atoms with Gasteiger partial charge in [-0.3, -0.25) is 0 Å². The monoisotopic (exact) mass is 664 g/mol. The lowest BCUT2D eigenvalue weighted by molar-refractivity contribution is 0.601. The minimum Gasteiger partial charge on any atom is -0.456 e. The second-order valence-electron chi connectivity index (χ2n) is 14.1. The zero-order chi connectivity index (χ0) is 34.6. The molecule has 2 aliphatic carbocycles. The van der Waals surface area contributed by atoms with Crippen LogP contribution in [0, 0.1) is 6.92 Å². The van der Waals surface area contributed by atoms with Crippen molar-refractivity contribution < 1.29 is 8.83 Å². The van der Waals surface area contributed by atoms with E-state index in [4.69, 9.17) is 8.83 Å². The molecule has 0 fully saturated rings. The summed E-state index contributed by atoms with van der Waals surface area (Å²) in [4.78, 5) is 0. The predicted octanol–water partition coefficient (Wildman–Crippen LogP) is 13.4. The van der Waals surface area contributed by atoms with Crippen LogP contribution >= 0.6 is 0 Å². The fourth-order valence-electron chi connectivity index (χ4n) is 9.06. The maximum absolute atomic E-state index is 6.20. The van der Waals surface area contributed by atoms with Crippen LogP contribution in [-0.2, 0) is 5.41 Å². The minimum absolute atomic E-state index is 0.414. The molecule has 9 aromatic rings. The average Bonchev–Trinajstić information content (AvgIpc) is 3.91. The van der Waals surface area contributed by atoms with Crippen molar-refractivity contribution in [3.8, 4) is 33.4 Å². The first-order valence-corrected chi connectivity index (χ1v) is 17.9. The Morgan fingerprint density at radius 3 is 1.81 bits per heavy atom. The van der Waals surface area contributed by atoms with E-state index in [1.807, 2.05) is 24.3 Å². The van der Waals surface area contributed by atoms with Crippen molar-refractivity contribution >= 4 is 44.6 Å². The number of benzene rings is 7. The molecule has 1 spiro atoms. The third-order valence-electron chi connectivity index (χ3n) is 11.5. The van der Waals surface area contributed by atoms with Crippen LogP contribution in [0.2, 0.25) is 0 Å². The van der Waals surface area contributed by atoms with Gasteiger partial charge in [0, 0.05) is 21.7 Å². The van der Waals surface area contributed by atoms with Gasteiger partial charge < -0.3 is 8.83 Å². The lowest BCUT2D eigenvalue weighted by Gasteiger charge is -2.30. The van der Waals surface area contributed by atoms with Gasteiger partial charge in [-0.2, -0.15) is 0 Å². The van der Waals surface area contributed by atoms with E-state index in [1.165, 1.54) is 55.6 Å². The van der Waals surface area contributed by atoms with Gasteiger partial charge in [0.1, 0.15) is 22.5 Å². The van der Waals surface area contributed by atoms with Gasteiger partial charge in [0.2, 0.25) is 0 Å². The average molecular weight is 665 g/mol. The van der Waals surface area contributed by atoms with Crippen molar-refractivity contribution in [1.29, 1.82) is 0 Å². The molecule has 0 N–H and O–H groups in total. The molecule has 0 saturated carbocycles. The van der Waals surface area contributed by atoms with Crippen molar-refractivity contribution in [2.24, 2.45) is 0 Å². The van der Waals surface area contributed by atoms with Crippen LogP contribution in [0.25, 0.3) is 77.9 Å². The van der Waals surface area contributed by atoms with Crippen LogP contribution in [0.3, 0.4) is 0 Å². The third kappa shape index (κ3) is 3.89. The molecule has 0 bridgehead atoms. The summed E-state index contributed by atoms with van der Waals surface area (Å²) in [7, 11) is 0. The van der Waals surface area contributed by atoms with Gasteiger partial charge in [-0.25, -0.2) is 0 Å². The Morgan fingerprint density at radius 1 is 0.500 bits per heavy atom. The van der Waals surface area contributed by atoms with E-state index >= 15 is 0 Å². The van der Waals surface area contributed by atoms with Gasteiger partial charge in [-0.05, 0) is 116 Å². The molecule has 52 heavy (non-hydrogen) atoms. The molecule has 0 aliphatic heterocycles. The Labute approximate surface area is 301 Å². The lowest BCUT2D eigenvalue weighted by Crippen LogP contribution is -2.25. The number of aryl methyl sites for hydroxylation is 1. The van der Waals surface area contributed by atoms with Crippen LogP contribution in [0.15, 0.2) is 173 Å². The first-order valence-electron chi connectivity index (χ1n) is 17.9. The van der Waals surface area contributed by atoms with E-state index in [0.29, 0.717) is 0 Å². The molecule has 244 valence electrons. The van der Waals surface area contributed by atoms with Gasteiger partial charge >= 0.3 is 0 Å². The zero-order valence-electron chi connectivity index (χ0n) is 28.6. The molecule has 11 rings (SSSR count). The second-order valence-corrected chi connectivity index (χ2v) is 14.1. The van der Waals surface area contributed by atoms with Gasteiger partial charge in [0.25, 0.3) is 0 Å². The summed E-state index contributed by atoms with van der Waals surface area (Å²) in [6.45, 7) is 6.66. The number of allylic oxidation sites excluding steroid dienone is 2. The van der Waals surface area contributed by atoms with Crippen LogP contribution < -0.4 is 0 Å². The molecular formula is C50H32O2. The Hall–Kier alpha value is -6.64. The standard InChI is InChI=1S/C50H32O2/c1-30(19-25-46-31(2)35-11-5-9-17-47(35)51-46)32-20-23-44-39(27-32)40-28-33(34-22-26-49-41(29-34)38-14-6-10-18-48(38)52-49)21-24-45(40)50(44)42-15-7-3-12-36(42)37-13-4-8-16-43(37)50/h3-29H,1H2,2H3/b25-19-. The fraction of sp³-hybridized carbons (Fsp3) is 0.0400. The highest BCUT2D eigenvalue weighted by Crippen LogP contribution is 2.63. The lowest BCUT2D eigenvalue weighted by atomic mass is 9.70. The van der Waals surface area contributed by atoms with Crippen molar-refractivity contribution in [1.82, 2.24) is 0 Å². The Balaban J connectivity index is 1.10. The number of hydrogen-bond donors (Lipinski definition) is 0.